The average Bonchev–Trinajstić information content (AvgIpc) is 3.27. The Balaban J connectivity index is 1.54. The van der Waals surface area contributed by atoms with Gasteiger partial charge in [0.05, 0.1) is 30.1 Å². The van der Waals surface area contributed by atoms with Crippen LogP contribution in [0.3, 0.4) is 0 Å². The van der Waals surface area contributed by atoms with E-state index in [0.29, 0.717) is 41.9 Å². The normalized spacial score (nSPS) is 12.3. The number of hydrogen-bond acceptors (Lipinski definition) is 7. The Morgan fingerprint density at radius 2 is 1.91 bits per heavy atom. The Kier molecular flexibility index (Phi) is 4.98. The van der Waals surface area contributed by atoms with Gasteiger partial charge < -0.3 is 10.3 Å². The number of fused-ring (bicyclic) bond motifs is 3. The minimum atomic E-state index is -0.0434. The molecule has 0 fully saturated rings. The lowest BCUT2D eigenvalue weighted by molar-refractivity contribution is 0.563. The summed E-state index contributed by atoms with van der Waals surface area (Å²) in [5.41, 5.74) is 12.0. The molecule has 0 aliphatic heterocycles. The van der Waals surface area contributed by atoms with E-state index >= 15 is 0 Å². The lowest BCUT2D eigenvalue weighted by Gasteiger charge is -2.21. The van der Waals surface area contributed by atoms with Crippen LogP contribution in [0.2, 0.25) is 0 Å². The van der Waals surface area contributed by atoms with Gasteiger partial charge in [-0.3, -0.25) is 4.79 Å². The molecule has 0 bridgehead atoms. The third-order valence-corrected chi connectivity index (χ3v) is 5.92. The molecule has 9 nitrogen and oxygen atoms in total. The fourth-order valence-electron chi connectivity index (χ4n) is 4.35. The highest BCUT2D eigenvalue weighted by Crippen LogP contribution is 2.37. The summed E-state index contributed by atoms with van der Waals surface area (Å²) in [4.78, 5) is 21.7. The molecule has 33 heavy (non-hydrogen) atoms. The zero-order chi connectivity index (χ0) is 23.1. The number of aromatic nitrogens is 6. The molecule has 1 aliphatic rings. The molecule has 0 atom stereocenters. The number of benzene rings is 1. The van der Waals surface area contributed by atoms with Crippen molar-refractivity contribution in [3.8, 4) is 28.7 Å². The maximum absolute atomic E-state index is 12.7. The van der Waals surface area contributed by atoms with Crippen molar-refractivity contribution < 1.29 is 0 Å². The second-order valence-electron chi connectivity index (χ2n) is 8.34. The van der Waals surface area contributed by atoms with Crippen molar-refractivity contribution in [3.05, 3.63) is 75.3 Å². The number of nitrogens with zero attached hydrogens (tertiary/aromatic N) is 7. The molecule has 3 heterocycles. The van der Waals surface area contributed by atoms with Gasteiger partial charge in [-0.25, -0.2) is 14.6 Å². The van der Waals surface area contributed by atoms with Crippen molar-refractivity contribution >= 4 is 5.95 Å². The summed E-state index contributed by atoms with van der Waals surface area (Å²) < 4.78 is 3.33. The number of hydrogen-bond donors (Lipinski definition) is 1. The summed E-state index contributed by atoms with van der Waals surface area (Å²) in [5.74, 6) is 0.136. The molecule has 0 amide bonds. The van der Waals surface area contributed by atoms with E-state index in [-0.39, 0.29) is 17.5 Å². The highest BCUT2D eigenvalue weighted by atomic mass is 16.1. The average molecular weight is 438 g/mol. The number of nitrogen functional groups attached to an aromatic ring is 1. The van der Waals surface area contributed by atoms with E-state index in [4.69, 9.17) is 5.73 Å². The Bertz CT molecular complexity index is 1470. The number of rotatable bonds is 4. The molecular weight excluding hydrogens is 416 g/mol. The van der Waals surface area contributed by atoms with Gasteiger partial charge in [-0.1, -0.05) is 23.4 Å². The summed E-state index contributed by atoms with van der Waals surface area (Å²) in [6.07, 6.45) is 4.94. The maximum atomic E-state index is 12.7. The molecule has 0 radical (unpaired) electrons. The third-order valence-electron chi connectivity index (χ3n) is 5.92. The van der Waals surface area contributed by atoms with Crippen LogP contribution in [0, 0.1) is 11.3 Å². The van der Waals surface area contributed by atoms with Gasteiger partial charge in [-0.2, -0.15) is 5.26 Å². The molecule has 1 aromatic carbocycles. The highest BCUT2D eigenvalue weighted by Gasteiger charge is 2.25. The Morgan fingerprint density at radius 3 is 2.70 bits per heavy atom. The molecule has 0 unspecified atom stereocenters. The summed E-state index contributed by atoms with van der Waals surface area (Å²) >= 11 is 0. The van der Waals surface area contributed by atoms with Gasteiger partial charge in [0.25, 0.3) is 5.56 Å². The monoisotopic (exact) mass is 438 g/mol. The van der Waals surface area contributed by atoms with E-state index in [1.54, 1.807) is 27.7 Å². The number of pyridine rings is 1. The van der Waals surface area contributed by atoms with Crippen LogP contribution >= 0.6 is 0 Å². The van der Waals surface area contributed by atoms with Gasteiger partial charge in [0.2, 0.25) is 5.95 Å². The highest BCUT2D eigenvalue weighted by molar-refractivity contribution is 5.78. The van der Waals surface area contributed by atoms with Crippen LogP contribution in [0.4, 0.5) is 5.95 Å². The first kappa shape index (κ1) is 20.6. The standard InChI is InChI=1S/C24H22N8O/c1-14(2)32-10-4-6-16(23(32)33)12-31-13-20(29-30-31)22-19-9-8-17-15(11-25)5-3-7-18(17)21(19)27-24(26)28-22/h3-7,10,13-14H,8-9,12H2,1-2H3,(H2,26,27,28). The SMILES string of the molecule is CC(C)n1cccc(Cn2cc(-c3nc(N)nc4c3CCc3c(C#N)cccc3-4)nn2)c1=O. The van der Waals surface area contributed by atoms with Crippen molar-refractivity contribution in [2.75, 3.05) is 5.73 Å². The van der Waals surface area contributed by atoms with Crippen LogP contribution < -0.4 is 11.3 Å². The van der Waals surface area contributed by atoms with Crippen LogP contribution in [-0.4, -0.2) is 29.5 Å². The number of anilines is 1. The first-order valence-electron chi connectivity index (χ1n) is 10.8. The number of nitrogens with two attached hydrogens (primary N) is 1. The van der Waals surface area contributed by atoms with Gasteiger partial charge in [0, 0.05) is 28.9 Å². The maximum Gasteiger partial charge on any atom is 0.255 e. The van der Waals surface area contributed by atoms with E-state index in [1.807, 2.05) is 38.1 Å². The van der Waals surface area contributed by atoms with Gasteiger partial charge in [-0.15, -0.1) is 5.10 Å². The molecule has 1 aliphatic carbocycles. The molecule has 164 valence electrons. The zero-order valence-electron chi connectivity index (χ0n) is 18.4. The van der Waals surface area contributed by atoms with Crippen LogP contribution in [0.1, 0.15) is 42.1 Å². The largest absolute Gasteiger partial charge is 0.368 e. The third kappa shape index (κ3) is 3.55. The topological polar surface area (TPSA) is 128 Å². The molecule has 0 saturated carbocycles. The van der Waals surface area contributed by atoms with Crippen LogP contribution in [0.5, 0.6) is 0 Å². The van der Waals surface area contributed by atoms with Gasteiger partial charge in [-0.05, 0) is 44.4 Å². The Labute approximate surface area is 190 Å². The molecule has 4 aromatic rings. The van der Waals surface area contributed by atoms with Crippen molar-refractivity contribution in [1.82, 2.24) is 29.5 Å². The van der Waals surface area contributed by atoms with Crippen molar-refractivity contribution in [2.24, 2.45) is 0 Å². The first-order chi connectivity index (χ1) is 16.0. The lowest BCUT2D eigenvalue weighted by Crippen LogP contribution is -2.25. The zero-order valence-corrected chi connectivity index (χ0v) is 18.4. The smallest absolute Gasteiger partial charge is 0.255 e. The summed E-state index contributed by atoms with van der Waals surface area (Å²) in [6, 6.07) is 11.6. The number of nitriles is 1. The minimum absolute atomic E-state index is 0.0434. The molecule has 9 heteroatoms. The molecule has 0 saturated heterocycles. The van der Waals surface area contributed by atoms with Crippen molar-refractivity contribution in [3.63, 3.8) is 0 Å². The molecule has 2 N–H and O–H groups in total. The second kappa shape index (κ2) is 7.98. The predicted octanol–water partition coefficient (Wildman–Crippen LogP) is 2.75. The quantitative estimate of drug-likeness (QED) is 0.519. The molecule has 5 rings (SSSR count). The first-order valence-corrected chi connectivity index (χ1v) is 10.8. The fourth-order valence-corrected chi connectivity index (χ4v) is 4.35. The fraction of sp³-hybridized carbons (Fsp3) is 0.250. The molecular formula is C24H22N8O. The molecule has 3 aromatic heterocycles. The van der Waals surface area contributed by atoms with Crippen molar-refractivity contribution in [2.45, 2.75) is 39.3 Å². The van der Waals surface area contributed by atoms with E-state index in [2.05, 4.69) is 26.3 Å². The van der Waals surface area contributed by atoms with E-state index in [9.17, 15) is 10.1 Å². The van der Waals surface area contributed by atoms with Gasteiger partial charge >= 0.3 is 0 Å². The minimum Gasteiger partial charge on any atom is -0.368 e. The lowest BCUT2D eigenvalue weighted by atomic mass is 9.85. The van der Waals surface area contributed by atoms with E-state index in [1.165, 1.54) is 0 Å². The Hall–Kier alpha value is -4.32. The molecule has 0 spiro atoms. The summed E-state index contributed by atoms with van der Waals surface area (Å²) in [7, 11) is 0. The predicted molar refractivity (Wildman–Crippen MR) is 123 cm³/mol. The Morgan fingerprint density at radius 1 is 1.12 bits per heavy atom. The van der Waals surface area contributed by atoms with Crippen LogP contribution in [0.25, 0.3) is 22.6 Å². The van der Waals surface area contributed by atoms with Crippen LogP contribution in [-0.2, 0) is 19.4 Å². The summed E-state index contributed by atoms with van der Waals surface area (Å²) in [6.45, 7) is 4.24. The van der Waals surface area contributed by atoms with E-state index < -0.39 is 0 Å². The van der Waals surface area contributed by atoms with E-state index in [0.717, 1.165) is 22.4 Å². The second-order valence-corrected chi connectivity index (χ2v) is 8.34. The summed E-state index contributed by atoms with van der Waals surface area (Å²) in [5, 5.41) is 18.0. The van der Waals surface area contributed by atoms with Gasteiger partial charge in [0.15, 0.2) is 0 Å². The van der Waals surface area contributed by atoms with Crippen molar-refractivity contribution in [1.29, 1.82) is 5.26 Å². The van der Waals surface area contributed by atoms with Gasteiger partial charge in [0.1, 0.15) is 11.4 Å². The van der Waals surface area contributed by atoms with Crippen LogP contribution in [0.15, 0.2) is 47.5 Å².